The average Bonchev–Trinajstić information content (AvgIpc) is 3.21. The Morgan fingerprint density at radius 1 is 1.44 bits per heavy atom. The van der Waals surface area contributed by atoms with E-state index in [2.05, 4.69) is 17.6 Å². The lowest BCUT2D eigenvalue weighted by Gasteiger charge is -2.22. The quantitative estimate of drug-likeness (QED) is 0.582. The molecule has 0 spiro atoms. The van der Waals surface area contributed by atoms with E-state index in [9.17, 15) is 9.59 Å². The van der Waals surface area contributed by atoms with Gasteiger partial charge in [-0.15, -0.1) is 22.7 Å². The van der Waals surface area contributed by atoms with E-state index in [1.165, 1.54) is 27.6 Å². The summed E-state index contributed by atoms with van der Waals surface area (Å²) in [7, 11) is 0. The molecule has 9 heteroatoms. The van der Waals surface area contributed by atoms with Crippen molar-refractivity contribution >= 4 is 56.8 Å². The number of hydrogen-bond donors (Lipinski definition) is 4. The van der Waals surface area contributed by atoms with E-state index in [1.807, 2.05) is 5.38 Å². The summed E-state index contributed by atoms with van der Waals surface area (Å²) in [6.45, 7) is 5.06. The lowest BCUT2D eigenvalue weighted by Crippen LogP contribution is -3.11. The number of nitrogens with two attached hydrogens (primary N) is 1. The van der Waals surface area contributed by atoms with E-state index in [-0.39, 0.29) is 11.0 Å². The van der Waals surface area contributed by atoms with Crippen molar-refractivity contribution < 1.29 is 14.5 Å². The zero-order chi connectivity index (χ0) is 18.0. The first-order valence-electron chi connectivity index (χ1n) is 7.93. The van der Waals surface area contributed by atoms with Crippen LogP contribution in [0.15, 0.2) is 17.5 Å². The van der Waals surface area contributed by atoms with Gasteiger partial charge in [0.15, 0.2) is 5.11 Å². The van der Waals surface area contributed by atoms with Gasteiger partial charge in [-0.25, -0.2) is 0 Å². The van der Waals surface area contributed by atoms with E-state index >= 15 is 0 Å². The van der Waals surface area contributed by atoms with Gasteiger partial charge in [0.25, 0.3) is 11.8 Å². The summed E-state index contributed by atoms with van der Waals surface area (Å²) < 4.78 is 0. The monoisotopic (exact) mass is 395 g/mol. The predicted octanol–water partition coefficient (Wildman–Crippen LogP) is 0.996. The number of nitrogens with one attached hydrogen (secondary N) is 3. The molecule has 2 aromatic heterocycles. The molecule has 0 bridgehead atoms. The largest absolute Gasteiger partial charge is 0.365 e. The van der Waals surface area contributed by atoms with Gasteiger partial charge in [0, 0.05) is 6.42 Å². The molecule has 1 atom stereocenters. The Morgan fingerprint density at radius 2 is 2.24 bits per heavy atom. The molecule has 1 aliphatic rings. The maximum atomic E-state index is 12.1. The van der Waals surface area contributed by atoms with Gasteiger partial charge in [-0.05, 0) is 36.2 Å². The Hall–Kier alpha value is -1.81. The summed E-state index contributed by atoms with van der Waals surface area (Å²) in [6.07, 6.45) is 0.823. The van der Waals surface area contributed by atoms with Gasteiger partial charge in [0.1, 0.15) is 11.5 Å². The highest BCUT2D eigenvalue weighted by molar-refractivity contribution is 7.80. The number of carbonyl (C=O) groups excluding carboxylic acids is 2. The number of amides is 2. The highest BCUT2D eigenvalue weighted by Crippen LogP contribution is 2.34. The fourth-order valence-electron chi connectivity index (χ4n) is 2.89. The Balaban J connectivity index is 1.78. The van der Waals surface area contributed by atoms with Gasteiger partial charge < -0.3 is 16.0 Å². The maximum absolute atomic E-state index is 12.1. The lowest BCUT2D eigenvalue weighted by molar-refractivity contribution is -0.913. The fourth-order valence-corrected chi connectivity index (χ4v) is 5.10. The van der Waals surface area contributed by atoms with E-state index in [1.54, 1.807) is 12.1 Å². The molecular formula is C16H19N4O2S3+. The zero-order valence-corrected chi connectivity index (χ0v) is 16.1. The average molecular weight is 396 g/mol. The number of hydrogen-bond acceptors (Lipinski definition) is 5. The van der Waals surface area contributed by atoms with Crippen LogP contribution in [0.1, 0.15) is 37.4 Å². The first-order valence-corrected chi connectivity index (χ1v) is 10.0. The van der Waals surface area contributed by atoms with Crippen LogP contribution in [0.3, 0.4) is 0 Å². The minimum Gasteiger partial charge on any atom is -0.365 e. The van der Waals surface area contributed by atoms with Crippen LogP contribution in [0, 0.1) is 0 Å². The molecule has 132 valence electrons. The van der Waals surface area contributed by atoms with E-state index < -0.39 is 5.91 Å². The van der Waals surface area contributed by atoms with Gasteiger partial charge in [-0.2, -0.15) is 0 Å². The van der Waals surface area contributed by atoms with Crippen LogP contribution in [-0.4, -0.2) is 30.0 Å². The molecule has 6 nitrogen and oxygen atoms in total. The van der Waals surface area contributed by atoms with Gasteiger partial charge in [0.2, 0.25) is 0 Å². The number of carbonyl (C=O) groups is 2. The molecule has 1 unspecified atom stereocenters. The number of fused-ring (bicyclic) bond motifs is 1. The first kappa shape index (κ1) is 18.0. The number of thiophene rings is 2. The molecule has 5 N–H and O–H groups in total. The number of anilines is 1. The van der Waals surface area contributed by atoms with Crippen LogP contribution in [0.2, 0.25) is 0 Å². The molecule has 0 saturated carbocycles. The molecular weight excluding hydrogens is 376 g/mol. The molecule has 0 aliphatic carbocycles. The van der Waals surface area contributed by atoms with Crippen molar-refractivity contribution in [3.8, 4) is 0 Å². The smallest absolute Gasteiger partial charge is 0.267 e. The van der Waals surface area contributed by atoms with Crippen molar-refractivity contribution in [3.05, 3.63) is 38.4 Å². The second kappa shape index (κ2) is 7.61. The van der Waals surface area contributed by atoms with Gasteiger partial charge >= 0.3 is 0 Å². The first-order chi connectivity index (χ1) is 12.0. The predicted molar refractivity (Wildman–Crippen MR) is 105 cm³/mol. The third-order valence-electron chi connectivity index (χ3n) is 4.18. The third-order valence-corrected chi connectivity index (χ3v) is 6.40. The van der Waals surface area contributed by atoms with Crippen molar-refractivity contribution in [2.24, 2.45) is 5.73 Å². The normalized spacial score (nSPS) is 16.1. The van der Waals surface area contributed by atoms with Gasteiger partial charge in [-0.3, -0.25) is 14.9 Å². The van der Waals surface area contributed by atoms with Crippen molar-refractivity contribution in [3.63, 3.8) is 0 Å². The van der Waals surface area contributed by atoms with Crippen LogP contribution in [0.4, 0.5) is 5.00 Å². The third kappa shape index (κ3) is 3.90. The molecule has 2 amide bonds. The van der Waals surface area contributed by atoms with Crippen molar-refractivity contribution in [2.75, 3.05) is 18.4 Å². The molecule has 0 radical (unpaired) electrons. The summed E-state index contributed by atoms with van der Waals surface area (Å²) in [4.78, 5) is 27.2. The molecule has 25 heavy (non-hydrogen) atoms. The summed E-state index contributed by atoms with van der Waals surface area (Å²) in [5, 5.41) is 8.23. The number of likely N-dealkylation sites (N-methyl/N-ethyl adjacent to an activating group) is 1. The molecule has 0 aromatic carbocycles. The minimum absolute atomic E-state index is 0.166. The Kier molecular flexibility index (Phi) is 5.48. The molecule has 0 fully saturated rings. The van der Waals surface area contributed by atoms with Gasteiger partial charge in [-0.1, -0.05) is 6.07 Å². The molecule has 1 aliphatic heterocycles. The minimum atomic E-state index is -0.465. The van der Waals surface area contributed by atoms with Crippen LogP contribution in [0.25, 0.3) is 0 Å². The summed E-state index contributed by atoms with van der Waals surface area (Å²) in [5.41, 5.74) is 7.12. The van der Waals surface area contributed by atoms with E-state index in [0.29, 0.717) is 15.4 Å². The Bertz CT molecular complexity index is 814. The highest BCUT2D eigenvalue weighted by atomic mass is 32.1. The van der Waals surface area contributed by atoms with Crippen LogP contribution < -0.4 is 21.3 Å². The molecule has 2 aromatic rings. The number of quaternary nitrogens is 1. The second-order valence-corrected chi connectivity index (χ2v) is 8.20. The van der Waals surface area contributed by atoms with Crippen molar-refractivity contribution in [1.82, 2.24) is 5.32 Å². The van der Waals surface area contributed by atoms with Crippen LogP contribution >= 0.6 is 34.9 Å². The van der Waals surface area contributed by atoms with Crippen LogP contribution in [0.5, 0.6) is 0 Å². The van der Waals surface area contributed by atoms with E-state index in [0.717, 1.165) is 36.5 Å². The van der Waals surface area contributed by atoms with E-state index in [4.69, 9.17) is 18.0 Å². The van der Waals surface area contributed by atoms with Crippen LogP contribution in [-0.2, 0) is 13.0 Å². The lowest BCUT2D eigenvalue weighted by atomic mass is 10.0. The van der Waals surface area contributed by atoms with Crippen molar-refractivity contribution in [1.29, 1.82) is 0 Å². The zero-order valence-electron chi connectivity index (χ0n) is 13.7. The highest BCUT2D eigenvalue weighted by Gasteiger charge is 2.28. The molecule has 0 saturated heterocycles. The summed E-state index contributed by atoms with van der Waals surface area (Å²) >= 11 is 8.06. The van der Waals surface area contributed by atoms with Crippen molar-refractivity contribution in [2.45, 2.75) is 19.9 Å². The summed E-state index contributed by atoms with van der Waals surface area (Å²) in [6, 6.07) is 3.53. The molecule has 3 heterocycles. The maximum Gasteiger partial charge on any atom is 0.267 e. The number of rotatable bonds is 4. The summed E-state index contributed by atoms with van der Waals surface area (Å²) in [5.74, 6) is -0.733. The SMILES string of the molecule is CC[NH+]1CCc2c(sc(NC(=S)NC(=O)c3cccs3)c2C(N)=O)C1. The van der Waals surface area contributed by atoms with Gasteiger partial charge in [0.05, 0.1) is 28.4 Å². The molecule has 3 rings (SSSR count). The Morgan fingerprint density at radius 3 is 2.88 bits per heavy atom. The second-order valence-electron chi connectivity index (χ2n) is 5.74. The Labute approximate surface area is 159 Å². The topological polar surface area (TPSA) is 88.7 Å². The fraction of sp³-hybridized carbons (Fsp3) is 0.312. The number of thiocarbonyl (C=S) groups is 1. The number of primary amides is 1. The standard InChI is InChI=1S/C16H18N4O2S3/c1-2-20-6-5-9-11(8-20)25-15(12(9)13(17)21)19-16(23)18-14(22)10-4-3-7-24-10/h3-4,7H,2,5-6,8H2,1H3,(H2,17,21)(H2,18,19,22,23)/p+1.